The van der Waals surface area contributed by atoms with Crippen molar-refractivity contribution in [1.29, 1.82) is 0 Å². The van der Waals surface area contributed by atoms with E-state index in [0.29, 0.717) is 0 Å². The van der Waals surface area contributed by atoms with Gasteiger partial charge in [0, 0.05) is 28.2 Å². The highest BCUT2D eigenvalue weighted by atomic mass is 33.1. The molecular formula is C28H30N4S4. The van der Waals surface area contributed by atoms with Crippen LogP contribution in [0.3, 0.4) is 0 Å². The predicted molar refractivity (Wildman–Crippen MR) is 162 cm³/mol. The van der Waals surface area contributed by atoms with E-state index >= 15 is 0 Å². The van der Waals surface area contributed by atoms with Gasteiger partial charge in [-0.1, -0.05) is 60.7 Å². The first-order chi connectivity index (χ1) is 17.2. The fourth-order valence-electron chi connectivity index (χ4n) is 4.29. The topological polar surface area (TPSA) is 19.7 Å². The molecule has 0 amide bonds. The van der Waals surface area contributed by atoms with Crippen molar-refractivity contribution in [1.82, 2.24) is 18.3 Å². The van der Waals surface area contributed by atoms with Crippen LogP contribution in [0.1, 0.15) is 36.4 Å². The quantitative estimate of drug-likeness (QED) is 0.170. The fourth-order valence-corrected chi connectivity index (χ4v) is 7.70. The molecule has 4 aromatic rings. The average molecular weight is 551 g/mol. The van der Waals surface area contributed by atoms with Crippen LogP contribution in [-0.2, 0) is 28.2 Å². The Balaban J connectivity index is 1.74. The molecule has 4 nitrogen and oxygen atoms in total. The minimum absolute atomic E-state index is 0.788. The van der Waals surface area contributed by atoms with Gasteiger partial charge in [0.05, 0.1) is 11.4 Å². The largest absolute Gasteiger partial charge is 0.319 e. The lowest BCUT2D eigenvalue weighted by Gasteiger charge is -2.11. The fraction of sp³-hybridized carbons (Fsp3) is 0.214. The number of hydrogen-bond acceptors (Lipinski definition) is 4. The third-order valence-corrected chi connectivity index (χ3v) is 9.77. The van der Waals surface area contributed by atoms with Gasteiger partial charge in [0.15, 0.2) is 9.54 Å². The summed E-state index contributed by atoms with van der Waals surface area (Å²) in [4.78, 5) is 0. The number of allylic oxidation sites excluding steroid dienone is 2. The van der Waals surface area contributed by atoms with Crippen molar-refractivity contribution in [2.75, 3.05) is 0 Å². The molecule has 8 heteroatoms. The average Bonchev–Trinajstić information content (AvgIpc) is 3.22. The molecule has 0 aliphatic rings. The van der Waals surface area contributed by atoms with E-state index in [-0.39, 0.29) is 0 Å². The molecule has 0 spiro atoms. The van der Waals surface area contributed by atoms with Crippen LogP contribution < -0.4 is 0 Å². The summed E-state index contributed by atoms with van der Waals surface area (Å²) in [5.41, 5.74) is 6.92. The highest BCUT2D eigenvalue weighted by Gasteiger charge is 2.21. The Morgan fingerprint density at radius 2 is 0.917 bits per heavy atom. The van der Waals surface area contributed by atoms with Gasteiger partial charge in [-0.2, -0.15) is 0 Å². The van der Waals surface area contributed by atoms with E-state index in [1.54, 1.807) is 21.6 Å². The van der Waals surface area contributed by atoms with Crippen LogP contribution in [0, 0.1) is 9.54 Å². The Bertz CT molecular complexity index is 1450. The lowest BCUT2D eigenvalue weighted by Crippen LogP contribution is -1.95. The highest BCUT2D eigenvalue weighted by molar-refractivity contribution is 8.76. The molecule has 2 aromatic carbocycles. The Morgan fingerprint density at radius 3 is 1.25 bits per heavy atom. The lowest BCUT2D eigenvalue weighted by atomic mass is 10.1. The van der Waals surface area contributed by atoms with Crippen LogP contribution >= 0.6 is 46.0 Å². The predicted octanol–water partition coefficient (Wildman–Crippen LogP) is 8.42. The van der Waals surface area contributed by atoms with Gasteiger partial charge in [-0.05, 0) is 94.3 Å². The first-order valence-corrected chi connectivity index (χ1v) is 14.5. The maximum atomic E-state index is 5.75. The van der Waals surface area contributed by atoms with E-state index < -0.39 is 0 Å². The molecule has 0 aliphatic carbocycles. The van der Waals surface area contributed by atoms with E-state index in [4.69, 9.17) is 24.4 Å². The van der Waals surface area contributed by atoms with Gasteiger partial charge in [-0.25, -0.2) is 0 Å². The smallest absolute Gasteiger partial charge is 0.180 e. The Hall–Kier alpha value is -2.52. The molecule has 0 aliphatic heterocycles. The van der Waals surface area contributed by atoms with Gasteiger partial charge < -0.3 is 18.3 Å². The van der Waals surface area contributed by atoms with Crippen LogP contribution in [0.4, 0.5) is 0 Å². The zero-order valence-corrected chi connectivity index (χ0v) is 24.6. The van der Waals surface area contributed by atoms with Crippen LogP contribution in [-0.4, -0.2) is 18.3 Å². The molecule has 2 heterocycles. The zero-order chi connectivity index (χ0) is 26.0. The molecule has 2 aromatic heterocycles. The molecule has 4 rings (SSSR count). The number of aromatic nitrogens is 4. The maximum Gasteiger partial charge on any atom is 0.180 e. The van der Waals surface area contributed by atoms with Crippen molar-refractivity contribution in [2.24, 2.45) is 28.2 Å². The summed E-state index contributed by atoms with van der Waals surface area (Å²) in [5, 5.41) is 2.23. The molecule has 0 radical (unpaired) electrons. The molecule has 0 saturated heterocycles. The minimum atomic E-state index is 0.788. The Kier molecular flexibility index (Phi) is 8.30. The first-order valence-electron chi connectivity index (χ1n) is 11.5. The van der Waals surface area contributed by atoms with E-state index in [9.17, 15) is 0 Å². The highest BCUT2D eigenvalue weighted by Crippen LogP contribution is 2.44. The van der Waals surface area contributed by atoms with E-state index in [1.807, 2.05) is 40.3 Å². The van der Waals surface area contributed by atoms with Crippen LogP contribution in [0.15, 0.2) is 70.7 Å². The normalized spacial score (nSPS) is 12.4. The maximum absolute atomic E-state index is 5.75. The molecule has 0 fully saturated rings. The van der Waals surface area contributed by atoms with Gasteiger partial charge >= 0.3 is 0 Å². The second kappa shape index (κ2) is 11.3. The van der Waals surface area contributed by atoms with Crippen molar-refractivity contribution in [2.45, 2.75) is 23.9 Å². The minimum Gasteiger partial charge on any atom is -0.319 e. The SMILES string of the molecule is C/C(=C\c1ccccc1)c1c(SSc2c(/C(C)=C/c3ccccc3)n(C)c(=S)n2C)n(C)c(=S)n1C. The van der Waals surface area contributed by atoms with E-state index in [0.717, 1.165) is 31.0 Å². The summed E-state index contributed by atoms with van der Waals surface area (Å²) in [7, 11) is 11.6. The zero-order valence-electron chi connectivity index (χ0n) is 21.4. The molecule has 0 saturated carbocycles. The second-order valence-electron chi connectivity index (χ2n) is 8.75. The van der Waals surface area contributed by atoms with Gasteiger partial charge in [-0.15, -0.1) is 0 Å². The van der Waals surface area contributed by atoms with Crippen molar-refractivity contribution >= 4 is 69.3 Å². The molecule has 0 atom stereocenters. The summed E-state index contributed by atoms with van der Waals surface area (Å²) < 4.78 is 9.95. The van der Waals surface area contributed by atoms with Crippen molar-refractivity contribution in [3.63, 3.8) is 0 Å². The van der Waals surface area contributed by atoms with Crippen LogP contribution in [0.5, 0.6) is 0 Å². The summed E-state index contributed by atoms with van der Waals surface area (Å²) in [6.07, 6.45) is 4.42. The monoisotopic (exact) mass is 550 g/mol. The number of hydrogen-bond donors (Lipinski definition) is 0. The number of rotatable bonds is 7. The summed E-state index contributed by atoms with van der Waals surface area (Å²) in [6, 6.07) is 20.8. The molecule has 0 N–H and O–H groups in total. The number of imidazole rings is 2. The van der Waals surface area contributed by atoms with Crippen molar-refractivity contribution in [3.05, 3.63) is 92.7 Å². The Morgan fingerprint density at radius 1 is 0.583 bits per heavy atom. The van der Waals surface area contributed by atoms with Crippen LogP contribution in [0.25, 0.3) is 23.3 Å². The summed E-state index contributed by atoms with van der Waals surface area (Å²) in [5.74, 6) is 0. The molecule has 36 heavy (non-hydrogen) atoms. The van der Waals surface area contributed by atoms with Gasteiger partial charge in [0.25, 0.3) is 0 Å². The Labute approximate surface area is 231 Å². The third kappa shape index (κ3) is 5.27. The molecule has 0 unspecified atom stereocenters. The lowest BCUT2D eigenvalue weighted by molar-refractivity contribution is 0.778. The van der Waals surface area contributed by atoms with Gasteiger partial charge in [-0.3, -0.25) is 0 Å². The second-order valence-corrected chi connectivity index (χ2v) is 11.6. The standard InChI is InChI=1S/C28H30N4S4/c1-19(17-21-13-9-7-10-14-21)23-25(31(5)27(33)29(23)3)35-36-26-24(30(4)28(34)32(26)6)20(2)18-22-15-11-8-12-16-22/h7-18H,1-6H3/b19-17+,20-18+. The van der Waals surface area contributed by atoms with Crippen LogP contribution in [0.2, 0.25) is 0 Å². The number of benzene rings is 2. The van der Waals surface area contributed by atoms with E-state index in [2.05, 4.69) is 92.8 Å². The van der Waals surface area contributed by atoms with Crippen molar-refractivity contribution < 1.29 is 0 Å². The van der Waals surface area contributed by atoms with Gasteiger partial charge in [0.1, 0.15) is 10.1 Å². The first kappa shape index (κ1) is 26.5. The summed E-state index contributed by atoms with van der Waals surface area (Å²) in [6.45, 7) is 4.29. The molecule has 0 bridgehead atoms. The summed E-state index contributed by atoms with van der Waals surface area (Å²) >= 11 is 11.5. The van der Waals surface area contributed by atoms with Crippen molar-refractivity contribution in [3.8, 4) is 0 Å². The third-order valence-electron chi connectivity index (χ3n) is 6.15. The number of nitrogens with zero attached hydrogens (tertiary/aromatic N) is 4. The van der Waals surface area contributed by atoms with Gasteiger partial charge in [0.2, 0.25) is 0 Å². The molecular weight excluding hydrogens is 521 g/mol. The molecule has 186 valence electrons. The van der Waals surface area contributed by atoms with E-state index in [1.165, 1.54) is 22.3 Å².